The Balaban J connectivity index is 1.95. The molecule has 1 aliphatic rings. The van der Waals surface area contributed by atoms with Crippen LogP contribution in [-0.2, 0) is 13.5 Å². The molecule has 2 rings (SSSR count). The normalized spacial score (nSPS) is 27.9. The standard InChI is InChI=1S/C9H15BrN4/c1-14-12-9(11-13-14)6-7-4-2-3-5-8(7)10/h7-8H,2-6H2,1H3. The molecule has 0 spiro atoms. The van der Waals surface area contributed by atoms with Crippen LogP contribution < -0.4 is 0 Å². The van der Waals surface area contributed by atoms with E-state index in [1.165, 1.54) is 30.5 Å². The zero-order chi connectivity index (χ0) is 9.97. The molecule has 1 saturated carbocycles. The highest BCUT2D eigenvalue weighted by molar-refractivity contribution is 9.09. The first-order valence-corrected chi connectivity index (χ1v) is 6.04. The number of hydrogen-bond donors (Lipinski definition) is 0. The molecular formula is C9H15BrN4. The van der Waals surface area contributed by atoms with Gasteiger partial charge in [0.2, 0.25) is 0 Å². The predicted octanol–water partition coefficient (Wildman–Crippen LogP) is 1.71. The van der Waals surface area contributed by atoms with Gasteiger partial charge in [-0.25, -0.2) is 0 Å². The third-order valence-corrected chi connectivity index (χ3v) is 4.02. The molecule has 0 aromatic carbocycles. The lowest BCUT2D eigenvalue weighted by atomic mass is 9.87. The molecule has 0 amide bonds. The van der Waals surface area contributed by atoms with Gasteiger partial charge >= 0.3 is 0 Å². The lowest BCUT2D eigenvalue weighted by Gasteiger charge is -2.25. The fourth-order valence-electron chi connectivity index (χ4n) is 2.03. The van der Waals surface area contributed by atoms with Crippen molar-refractivity contribution in [2.45, 2.75) is 36.9 Å². The molecule has 1 aromatic heterocycles. The maximum atomic E-state index is 4.21. The second-order valence-corrected chi connectivity index (χ2v) is 5.14. The van der Waals surface area contributed by atoms with Gasteiger partial charge in [-0.3, -0.25) is 0 Å². The SMILES string of the molecule is Cn1nnc(CC2CCCCC2Br)n1. The third-order valence-electron chi connectivity index (χ3n) is 2.81. The number of aromatic nitrogens is 4. The van der Waals surface area contributed by atoms with Crippen molar-refractivity contribution in [2.24, 2.45) is 13.0 Å². The highest BCUT2D eigenvalue weighted by atomic mass is 79.9. The first-order chi connectivity index (χ1) is 6.75. The molecule has 1 aliphatic carbocycles. The van der Waals surface area contributed by atoms with Gasteiger partial charge in [0, 0.05) is 11.2 Å². The van der Waals surface area contributed by atoms with Crippen LogP contribution in [0.15, 0.2) is 0 Å². The molecule has 0 N–H and O–H groups in total. The lowest BCUT2D eigenvalue weighted by molar-refractivity contribution is 0.367. The summed E-state index contributed by atoms with van der Waals surface area (Å²) in [5.74, 6) is 1.57. The van der Waals surface area contributed by atoms with Crippen molar-refractivity contribution < 1.29 is 0 Å². The molecule has 2 atom stereocenters. The quantitative estimate of drug-likeness (QED) is 0.759. The Kier molecular flexibility index (Phi) is 3.15. The van der Waals surface area contributed by atoms with Crippen molar-refractivity contribution in [1.82, 2.24) is 20.2 Å². The summed E-state index contributed by atoms with van der Waals surface area (Å²) in [6.45, 7) is 0. The minimum absolute atomic E-state index is 0.639. The first-order valence-electron chi connectivity index (χ1n) is 5.12. The Hall–Kier alpha value is -0.450. The van der Waals surface area contributed by atoms with Crippen LogP contribution in [0.25, 0.3) is 0 Å². The Morgan fingerprint density at radius 3 is 2.86 bits per heavy atom. The summed E-state index contributed by atoms with van der Waals surface area (Å²) in [7, 11) is 1.81. The highest BCUT2D eigenvalue weighted by Crippen LogP contribution is 2.31. The van der Waals surface area contributed by atoms with Gasteiger partial charge in [-0.2, -0.15) is 4.80 Å². The van der Waals surface area contributed by atoms with Crippen molar-refractivity contribution in [3.8, 4) is 0 Å². The Bertz CT molecular complexity index is 299. The van der Waals surface area contributed by atoms with Crippen LogP contribution in [0.2, 0.25) is 0 Å². The van der Waals surface area contributed by atoms with E-state index in [9.17, 15) is 0 Å². The van der Waals surface area contributed by atoms with E-state index in [2.05, 4.69) is 31.3 Å². The molecule has 1 aromatic rings. The van der Waals surface area contributed by atoms with Crippen molar-refractivity contribution >= 4 is 15.9 Å². The minimum atomic E-state index is 0.639. The van der Waals surface area contributed by atoms with Gasteiger partial charge in [0.1, 0.15) is 0 Å². The van der Waals surface area contributed by atoms with Crippen LogP contribution >= 0.6 is 15.9 Å². The topological polar surface area (TPSA) is 43.6 Å². The maximum absolute atomic E-state index is 4.21. The van der Waals surface area contributed by atoms with E-state index in [0.717, 1.165) is 12.2 Å². The number of rotatable bonds is 2. The van der Waals surface area contributed by atoms with Crippen molar-refractivity contribution in [3.05, 3.63) is 5.82 Å². The van der Waals surface area contributed by atoms with Gasteiger partial charge in [-0.15, -0.1) is 10.2 Å². The molecule has 0 saturated heterocycles. The molecule has 0 bridgehead atoms. The molecule has 14 heavy (non-hydrogen) atoms. The fourth-order valence-corrected chi connectivity index (χ4v) is 2.81. The first kappa shape index (κ1) is 10.1. The van der Waals surface area contributed by atoms with Crippen molar-refractivity contribution in [2.75, 3.05) is 0 Å². The zero-order valence-electron chi connectivity index (χ0n) is 8.36. The Morgan fingerprint density at radius 1 is 1.43 bits per heavy atom. The van der Waals surface area contributed by atoms with Gasteiger partial charge in [-0.05, 0) is 24.0 Å². The van der Waals surface area contributed by atoms with E-state index in [0.29, 0.717) is 10.7 Å². The average molecular weight is 259 g/mol. The number of hydrogen-bond acceptors (Lipinski definition) is 3. The second-order valence-electron chi connectivity index (χ2n) is 3.96. The minimum Gasteiger partial charge on any atom is -0.167 e. The summed E-state index contributed by atoms with van der Waals surface area (Å²) in [5.41, 5.74) is 0. The summed E-state index contributed by atoms with van der Waals surface area (Å²) in [6, 6.07) is 0. The highest BCUT2D eigenvalue weighted by Gasteiger charge is 2.24. The Labute approximate surface area is 92.2 Å². The van der Waals surface area contributed by atoms with E-state index >= 15 is 0 Å². The molecule has 2 unspecified atom stereocenters. The molecule has 0 radical (unpaired) electrons. The van der Waals surface area contributed by atoms with Gasteiger partial charge in [0.25, 0.3) is 0 Å². The molecular weight excluding hydrogens is 244 g/mol. The number of aryl methyl sites for hydroxylation is 1. The van der Waals surface area contributed by atoms with Crippen LogP contribution in [0.1, 0.15) is 31.5 Å². The third kappa shape index (κ3) is 2.32. The fraction of sp³-hybridized carbons (Fsp3) is 0.889. The summed E-state index contributed by atoms with van der Waals surface area (Å²) < 4.78 is 0. The number of tetrazole rings is 1. The van der Waals surface area contributed by atoms with Crippen LogP contribution in [0, 0.1) is 5.92 Å². The molecule has 78 valence electrons. The number of alkyl halides is 1. The largest absolute Gasteiger partial charge is 0.175 e. The molecule has 0 aliphatic heterocycles. The smallest absolute Gasteiger partial charge is 0.167 e. The molecule has 1 fully saturated rings. The predicted molar refractivity (Wildman–Crippen MR) is 57.2 cm³/mol. The van der Waals surface area contributed by atoms with E-state index in [1.54, 1.807) is 0 Å². The zero-order valence-corrected chi connectivity index (χ0v) is 9.94. The molecule has 5 heteroatoms. The van der Waals surface area contributed by atoms with Crippen molar-refractivity contribution in [1.29, 1.82) is 0 Å². The van der Waals surface area contributed by atoms with E-state index in [1.807, 2.05) is 7.05 Å². The van der Waals surface area contributed by atoms with Gasteiger partial charge < -0.3 is 0 Å². The van der Waals surface area contributed by atoms with Crippen molar-refractivity contribution in [3.63, 3.8) is 0 Å². The van der Waals surface area contributed by atoms with Crippen LogP contribution in [0.3, 0.4) is 0 Å². The monoisotopic (exact) mass is 258 g/mol. The molecule has 1 heterocycles. The summed E-state index contributed by atoms with van der Waals surface area (Å²) in [6.07, 6.45) is 6.22. The second kappa shape index (κ2) is 4.38. The summed E-state index contributed by atoms with van der Waals surface area (Å²) in [4.78, 5) is 2.17. The molecule has 4 nitrogen and oxygen atoms in total. The average Bonchev–Trinajstić information content (AvgIpc) is 2.56. The van der Waals surface area contributed by atoms with Gasteiger partial charge in [-0.1, -0.05) is 28.8 Å². The van der Waals surface area contributed by atoms with E-state index in [4.69, 9.17) is 0 Å². The Morgan fingerprint density at radius 2 is 2.21 bits per heavy atom. The lowest BCUT2D eigenvalue weighted by Crippen LogP contribution is -2.21. The van der Waals surface area contributed by atoms with Crippen LogP contribution in [0.5, 0.6) is 0 Å². The van der Waals surface area contributed by atoms with Crippen LogP contribution in [0.4, 0.5) is 0 Å². The summed E-state index contributed by atoms with van der Waals surface area (Å²) in [5, 5.41) is 12.1. The van der Waals surface area contributed by atoms with Crippen LogP contribution in [-0.4, -0.2) is 25.0 Å². The number of nitrogens with zero attached hydrogens (tertiary/aromatic N) is 4. The maximum Gasteiger partial charge on any atom is 0.175 e. The van der Waals surface area contributed by atoms with E-state index in [-0.39, 0.29) is 0 Å². The van der Waals surface area contributed by atoms with Gasteiger partial charge in [0.15, 0.2) is 5.82 Å². The van der Waals surface area contributed by atoms with E-state index < -0.39 is 0 Å². The number of halogens is 1. The summed E-state index contributed by atoms with van der Waals surface area (Å²) >= 11 is 3.74. The van der Waals surface area contributed by atoms with Gasteiger partial charge in [0.05, 0.1) is 7.05 Å².